The number of pyridine rings is 1. The van der Waals surface area contributed by atoms with Crippen LogP contribution < -0.4 is 15.0 Å². The van der Waals surface area contributed by atoms with Gasteiger partial charge in [-0.05, 0) is 74.6 Å². The summed E-state index contributed by atoms with van der Waals surface area (Å²) >= 11 is 0. The highest BCUT2D eigenvalue weighted by molar-refractivity contribution is 7.89. The van der Waals surface area contributed by atoms with E-state index in [0.29, 0.717) is 44.8 Å². The molecule has 1 aromatic carbocycles. The first-order valence-corrected chi connectivity index (χ1v) is 13.1. The molecular weight excluding hydrogens is 440 g/mol. The van der Waals surface area contributed by atoms with Crippen molar-refractivity contribution < 1.29 is 17.9 Å². The van der Waals surface area contributed by atoms with Crippen molar-refractivity contribution in [3.05, 3.63) is 48.2 Å². The first-order chi connectivity index (χ1) is 16.0. The van der Waals surface area contributed by atoms with E-state index >= 15 is 0 Å². The molecule has 9 heteroatoms. The van der Waals surface area contributed by atoms with Gasteiger partial charge in [0.15, 0.2) is 0 Å². The molecule has 0 spiro atoms. The van der Waals surface area contributed by atoms with Gasteiger partial charge in [0.2, 0.25) is 15.9 Å². The molecule has 4 rings (SSSR count). The second-order valence-electron chi connectivity index (χ2n) is 8.52. The molecule has 0 saturated carbocycles. The SMILES string of the molecule is CCOc1ccc(S(=O)(=O)N2CCC(C(=O)NCc3ccnc(N4CCCC4)c3)CC2)cc1. The zero-order chi connectivity index (χ0) is 23.3. The highest BCUT2D eigenvalue weighted by atomic mass is 32.2. The topological polar surface area (TPSA) is 91.8 Å². The Labute approximate surface area is 196 Å². The Kier molecular flexibility index (Phi) is 7.49. The van der Waals surface area contributed by atoms with Crippen molar-refractivity contribution >= 4 is 21.7 Å². The average molecular weight is 473 g/mol. The maximum absolute atomic E-state index is 13.0. The summed E-state index contributed by atoms with van der Waals surface area (Å²) in [7, 11) is -3.58. The van der Waals surface area contributed by atoms with Crippen molar-refractivity contribution in [1.29, 1.82) is 0 Å². The van der Waals surface area contributed by atoms with Crippen LogP contribution in [0.25, 0.3) is 0 Å². The average Bonchev–Trinajstić information content (AvgIpc) is 3.39. The van der Waals surface area contributed by atoms with Crippen LogP contribution in [0.2, 0.25) is 0 Å². The van der Waals surface area contributed by atoms with Gasteiger partial charge in [-0.25, -0.2) is 13.4 Å². The van der Waals surface area contributed by atoms with Crippen LogP contribution in [0.3, 0.4) is 0 Å². The molecule has 33 heavy (non-hydrogen) atoms. The second kappa shape index (κ2) is 10.5. The fourth-order valence-corrected chi connectivity index (χ4v) is 5.87. The number of ether oxygens (including phenoxy) is 1. The number of anilines is 1. The van der Waals surface area contributed by atoms with Crippen molar-refractivity contribution in [1.82, 2.24) is 14.6 Å². The Morgan fingerprint density at radius 2 is 1.79 bits per heavy atom. The molecule has 0 unspecified atom stereocenters. The van der Waals surface area contributed by atoms with Crippen LogP contribution in [-0.4, -0.2) is 56.4 Å². The number of nitrogens with zero attached hydrogens (tertiary/aromatic N) is 3. The Morgan fingerprint density at radius 1 is 1.09 bits per heavy atom. The van der Waals surface area contributed by atoms with Gasteiger partial charge in [0, 0.05) is 44.8 Å². The van der Waals surface area contributed by atoms with E-state index in [4.69, 9.17) is 4.74 Å². The summed E-state index contributed by atoms with van der Waals surface area (Å²) < 4.78 is 32.8. The number of hydrogen-bond acceptors (Lipinski definition) is 6. The molecule has 0 bridgehead atoms. The molecule has 1 N–H and O–H groups in total. The monoisotopic (exact) mass is 472 g/mol. The number of rotatable bonds is 8. The summed E-state index contributed by atoms with van der Waals surface area (Å²) in [6.07, 6.45) is 5.19. The van der Waals surface area contributed by atoms with Crippen LogP contribution in [-0.2, 0) is 21.4 Å². The van der Waals surface area contributed by atoms with Crippen molar-refractivity contribution in [2.24, 2.45) is 5.92 Å². The molecule has 0 atom stereocenters. The standard InChI is InChI=1S/C24H32N4O4S/c1-2-32-21-5-7-22(8-6-21)33(30,31)28-15-10-20(11-16-28)24(29)26-18-19-9-12-25-23(17-19)27-13-3-4-14-27/h5-9,12,17,20H,2-4,10-11,13-16,18H2,1H3,(H,26,29). The number of hydrogen-bond donors (Lipinski definition) is 1. The van der Waals surface area contributed by atoms with Crippen LogP contribution in [0, 0.1) is 5.92 Å². The summed E-state index contributed by atoms with van der Waals surface area (Å²) in [6.45, 7) is 5.59. The third kappa shape index (κ3) is 5.65. The number of nitrogens with one attached hydrogen (secondary N) is 1. The Hall–Kier alpha value is -2.65. The van der Waals surface area contributed by atoms with Crippen molar-refractivity contribution in [3.63, 3.8) is 0 Å². The van der Waals surface area contributed by atoms with Crippen LogP contribution in [0.5, 0.6) is 5.75 Å². The predicted molar refractivity (Wildman–Crippen MR) is 127 cm³/mol. The summed E-state index contributed by atoms with van der Waals surface area (Å²) in [6, 6.07) is 10.5. The minimum Gasteiger partial charge on any atom is -0.494 e. The first-order valence-electron chi connectivity index (χ1n) is 11.7. The third-order valence-electron chi connectivity index (χ3n) is 6.30. The fourth-order valence-electron chi connectivity index (χ4n) is 4.41. The van der Waals surface area contributed by atoms with Crippen LogP contribution in [0.15, 0.2) is 47.5 Å². The third-order valence-corrected chi connectivity index (χ3v) is 8.22. The molecule has 0 aliphatic carbocycles. The lowest BCUT2D eigenvalue weighted by Gasteiger charge is -2.30. The second-order valence-corrected chi connectivity index (χ2v) is 10.5. The van der Waals surface area contributed by atoms with Gasteiger partial charge in [0.25, 0.3) is 0 Å². The smallest absolute Gasteiger partial charge is 0.243 e. The van der Waals surface area contributed by atoms with Gasteiger partial charge in [-0.15, -0.1) is 0 Å². The molecule has 8 nitrogen and oxygen atoms in total. The van der Waals surface area contributed by atoms with Gasteiger partial charge < -0.3 is 15.0 Å². The highest BCUT2D eigenvalue weighted by Gasteiger charge is 2.32. The van der Waals surface area contributed by atoms with Crippen LogP contribution in [0.1, 0.15) is 38.2 Å². The molecule has 2 saturated heterocycles. The van der Waals surface area contributed by atoms with Crippen LogP contribution in [0.4, 0.5) is 5.82 Å². The summed E-state index contributed by atoms with van der Waals surface area (Å²) in [5, 5.41) is 3.02. The summed E-state index contributed by atoms with van der Waals surface area (Å²) in [4.78, 5) is 19.7. The van der Waals surface area contributed by atoms with E-state index in [9.17, 15) is 13.2 Å². The van der Waals surface area contributed by atoms with E-state index in [-0.39, 0.29) is 16.7 Å². The maximum Gasteiger partial charge on any atom is 0.243 e. The fraction of sp³-hybridized carbons (Fsp3) is 0.500. The minimum atomic E-state index is -3.58. The van der Waals surface area contributed by atoms with E-state index in [1.54, 1.807) is 30.5 Å². The Balaban J connectivity index is 1.28. The number of piperidine rings is 1. The summed E-state index contributed by atoms with van der Waals surface area (Å²) in [5.74, 6) is 1.41. The van der Waals surface area contributed by atoms with Crippen LogP contribution >= 0.6 is 0 Å². The number of amides is 1. The van der Waals surface area contributed by atoms with E-state index < -0.39 is 10.0 Å². The number of sulfonamides is 1. The lowest BCUT2D eigenvalue weighted by Crippen LogP contribution is -2.42. The highest BCUT2D eigenvalue weighted by Crippen LogP contribution is 2.25. The molecule has 1 amide bonds. The molecule has 2 aliphatic heterocycles. The Morgan fingerprint density at radius 3 is 2.45 bits per heavy atom. The molecule has 1 aromatic heterocycles. The van der Waals surface area contributed by atoms with E-state index in [1.807, 2.05) is 19.1 Å². The summed E-state index contributed by atoms with van der Waals surface area (Å²) in [5.41, 5.74) is 1.02. The lowest BCUT2D eigenvalue weighted by molar-refractivity contribution is -0.126. The molecule has 3 heterocycles. The van der Waals surface area contributed by atoms with Gasteiger partial charge in [-0.1, -0.05) is 0 Å². The van der Waals surface area contributed by atoms with Gasteiger partial charge in [-0.2, -0.15) is 4.31 Å². The number of benzene rings is 1. The van der Waals surface area contributed by atoms with E-state index in [2.05, 4.69) is 15.2 Å². The lowest BCUT2D eigenvalue weighted by atomic mass is 9.97. The van der Waals surface area contributed by atoms with Gasteiger partial charge >= 0.3 is 0 Å². The van der Waals surface area contributed by atoms with Gasteiger partial charge in [0.05, 0.1) is 11.5 Å². The molecular formula is C24H32N4O4S. The van der Waals surface area contributed by atoms with Crippen molar-refractivity contribution in [2.45, 2.75) is 44.0 Å². The predicted octanol–water partition coefficient (Wildman–Crippen LogP) is 2.80. The Bertz CT molecular complexity index is 1040. The molecule has 2 aliphatic rings. The van der Waals surface area contributed by atoms with Crippen molar-refractivity contribution in [3.8, 4) is 5.75 Å². The number of carbonyl (C=O) groups excluding carboxylic acids is 1. The molecule has 2 fully saturated rings. The molecule has 0 radical (unpaired) electrons. The molecule has 178 valence electrons. The molecule has 2 aromatic rings. The number of carbonyl (C=O) groups is 1. The first kappa shape index (κ1) is 23.5. The normalized spacial score (nSPS) is 17.8. The van der Waals surface area contributed by atoms with Gasteiger partial charge in [-0.3, -0.25) is 4.79 Å². The van der Waals surface area contributed by atoms with E-state index in [0.717, 1.165) is 24.5 Å². The minimum absolute atomic E-state index is 0.0207. The zero-order valence-electron chi connectivity index (χ0n) is 19.1. The maximum atomic E-state index is 13.0. The van der Waals surface area contributed by atoms with E-state index in [1.165, 1.54) is 17.1 Å². The largest absolute Gasteiger partial charge is 0.494 e. The zero-order valence-corrected chi connectivity index (χ0v) is 19.9. The van der Waals surface area contributed by atoms with Gasteiger partial charge in [0.1, 0.15) is 11.6 Å². The van der Waals surface area contributed by atoms with Crippen molar-refractivity contribution in [2.75, 3.05) is 37.7 Å². The quantitative estimate of drug-likeness (QED) is 0.635. The number of aromatic nitrogens is 1.